The first-order chi connectivity index (χ1) is 16.9. The summed E-state index contributed by atoms with van der Waals surface area (Å²) in [5.74, 6) is 0.495. The lowest BCUT2D eigenvalue weighted by Gasteiger charge is -2.13. The highest BCUT2D eigenvalue weighted by atomic mass is 35.5. The highest BCUT2D eigenvalue weighted by Crippen LogP contribution is 2.34. The fourth-order valence-electron chi connectivity index (χ4n) is 3.19. The van der Waals surface area contributed by atoms with Crippen molar-refractivity contribution in [3.05, 3.63) is 93.9 Å². The summed E-state index contributed by atoms with van der Waals surface area (Å²) >= 11 is 7.15. The number of amides is 2. The average Bonchev–Trinajstić information content (AvgIpc) is 3.13. The van der Waals surface area contributed by atoms with Gasteiger partial charge in [0.05, 0.1) is 29.1 Å². The first-order valence-corrected chi connectivity index (χ1v) is 11.7. The SMILES string of the molecule is COc1ccc(C(=O)Oc2ccc(/C=C3\SC(=O)N(CCOc4ccccc4)C3=O)cc2Cl)cc1. The molecule has 1 fully saturated rings. The summed E-state index contributed by atoms with van der Waals surface area (Å²) in [6.07, 6.45) is 1.57. The fraction of sp³-hybridized carbons (Fsp3) is 0.115. The molecule has 3 aromatic rings. The van der Waals surface area contributed by atoms with Gasteiger partial charge in [-0.1, -0.05) is 35.9 Å². The zero-order chi connectivity index (χ0) is 24.8. The summed E-state index contributed by atoms with van der Waals surface area (Å²) in [4.78, 5) is 38.8. The Kier molecular flexibility index (Phi) is 7.74. The van der Waals surface area contributed by atoms with Crippen LogP contribution in [0.3, 0.4) is 0 Å². The minimum Gasteiger partial charge on any atom is -0.497 e. The van der Waals surface area contributed by atoms with Gasteiger partial charge in [-0.05, 0) is 71.9 Å². The van der Waals surface area contributed by atoms with E-state index in [-0.39, 0.29) is 34.1 Å². The molecule has 9 heteroatoms. The van der Waals surface area contributed by atoms with Gasteiger partial charge in [-0.3, -0.25) is 14.5 Å². The molecule has 1 heterocycles. The van der Waals surface area contributed by atoms with E-state index >= 15 is 0 Å². The van der Waals surface area contributed by atoms with Crippen molar-refractivity contribution in [1.82, 2.24) is 4.90 Å². The van der Waals surface area contributed by atoms with Crippen LogP contribution in [0.25, 0.3) is 6.08 Å². The topological polar surface area (TPSA) is 82.1 Å². The number of hydrogen-bond donors (Lipinski definition) is 0. The van der Waals surface area contributed by atoms with Gasteiger partial charge in [0.25, 0.3) is 11.1 Å². The molecule has 1 saturated heterocycles. The Morgan fingerprint density at radius 1 is 1.00 bits per heavy atom. The Labute approximate surface area is 211 Å². The Balaban J connectivity index is 1.39. The van der Waals surface area contributed by atoms with Crippen molar-refractivity contribution in [2.75, 3.05) is 20.3 Å². The number of hydrogen-bond acceptors (Lipinski definition) is 7. The zero-order valence-corrected chi connectivity index (χ0v) is 20.2. The molecule has 0 N–H and O–H groups in total. The summed E-state index contributed by atoms with van der Waals surface area (Å²) in [6.45, 7) is 0.327. The Hall–Kier alpha value is -3.75. The quantitative estimate of drug-likeness (QED) is 0.219. The fourth-order valence-corrected chi connectivity index (χ4v) is 4.28. The van der Waals surface area contributed by atoms with Gasteiger partial charge in [-0.25, -0.2) is 4.79 Å². The molecule has 0 aromatic heterocycles. The third kappa shape index (κ3) is 6.03. The zero-order valence-electron chi connectivity index (χ0n) is 18.6. The minimum absolute atomic E-state index is 0.137. The number of benzene rings is 3. The third-order valence-electron chi connectivity index (χ3n) is 4.98. The van der Waals surface area contributed by atoms with Gasteiger partial charge in [0.2, 0.25) is 0 Å². The molecule has 0 unspecified atom stereocenters. The molecule has 3 aromatic carbocycles. The number of methoxy groups -OCH3 is 1. The number of imide groups is 1. The number of carbonyl (C=O) groups is 3. The highest BCUT2D eigenvalue weighted by Gasteiger charge is 2.34. The van der Waals surface area contributed by atoms with E-state index in [2.05, 4.69) is 0 Å². The van der Waals surface area contributed by atoms with E-state index in [1.807, 2.05) is 18.2 Å². The van der Waals surface area contributed by atoms with Crippen LogP contribution in [0.1, 0.15) is 15.9 Å². The second-order valence-corrected chi connectivity index (χ2v) is 8.70. The normalized spacial score (nSPS) is 14.3. The molecule has 4 rings (SSSR count). The monoisotopic (exact) mass is 509 g/mol. The van der Waals surface area contributed by atoms with Crippen LogP contribution in [0.2, 0.25) is 5.02 Å². The molecule has 1 aliphatic rings. The number of rotatable bonds is 8. The molecule has 0 bridgehead atoms. The van der Waals surface area contributed by atoms with E-state index < -0.39 is 11.9 Å². The van der Waals surface area contributed by atoms with E-state index in [0.717, 1.165) is 16.7 Å². The summed E-state index contributed by atoms with van der Waals surface area (Å²) < 4.78 is 16.0. The van der Waals surface area contributed by atoms with E-state index in [0.29, 0.717) is 22.6 Å². The number of esters is 1. The van der Waals surface area contributed by atoms with Crippen molar-refractivity contribution in [3.8, 4) is 17.2 Å². The van der Waals surface area contributed by atoms with E-state index in [1.165, 1.54) is 13.2 Å². The number of ether oxygens (including phenoxy) is 3. The first-order valence-electron chi connectivity index (χ1n) is 10.5. The molecule has 7 nitrogen and oxygen atoms in total. The van der Waals surface area contributed by atoms with Crippen LogP contribution in [-0.4, -0.2) is 42.3 Å². The van der Waals surface area contributed by atoms with Crippen LogP contribution in [0, 0.1) is 0 Å². The lowest BCUT2D eigenvalue weighted by Crippen LogP contribution is -2.32. The van der Waals surface area contributed by atoms with Gasteiger partial charge in [0, 0.05) is 0 Å². The Morgan fingerprint density at radius 3 is 2.43 bits per heavy atom. The maximum atomic E-state index is 12.7. The van der Waals surface area contributed by atoms with Crippen molar-refractivity contribution < 1.29 is 28.6 Å². The predicted octanol–water partition coefficient (Wildman–Crippen LogP) is 5.68. The van der Waals surface area contributed by atoms with Crippen LogP contribution in [0.5, 0.6) is 17.2 Å². The maximum Gasteiger partial charge on any atom is 0.343 e. The number of nitrogens with zero attached hydrogens (tertiary/aromatic N) is 1. The molecule has 0 radical (unpaired) electrons. The molecule has 0 saturated carbocycles. The van der Waals surface area contributed by atoms with Gasteiger partial charge in [-0.15, -0.1) is 0 Å². The van der Waals surface area contributed by atoms with Crippen LogP contribution in [0.4, 0.5) is 4.79 Å². The Morgan fingerprint density at radius 2 is 1.74 bits per heavy atom. The smallest absolute Gasteiger partial charge is 0.343 e. The number of halogens is 1. The molecule has 1 aliphatic heterocycles. The molecular formula is C26H20ClNO6S. The summed E-state index contributed by atoms with van der Waals surface area (Å²) in [5.41, 5.74) is 0.932. The second-order valence-electron chi connectivity index (χ2n) is 7.30. The van der Waals surface area contributed by atoms with Crippen LogP contribution >= 0.6 is 23.4 Å². The summed E-state index contributed by atoms with van der Waals surface area (Å²) in [5, 5.41) is -0.176. The van der Waals surface area contributed by atoms with E-state index in [9.17, 15) is 14.4 Å². The molecule has 2 amide bonds. The van der Waals surface area contributed by atoms with Crippen LogP contribution in [-0.2, 0) is 4.79 Å². The number of para-hydroxylation sites is 1. The largest absolute Gasteiger partial charge is 0.497 e. The van der Waals surface area contributed by atoms with Crippen molar-refractivity contribution in [3.63, 3.8) is 0 Å². The lowest BCUT2D eigenvalue weighted by molar-refractivity contribution is -0.123. The lowest BCUT2D eigenvalue weighted by atomic mass is 10.2. The molecule has 35 heavy (non-hydrogen) atoms. The van der Waals surface area contributed by atoms with Crippen molar-refractivity contribution in [1.29, 1.82) is 0 Å². The molecular weight excluding hydrogens is 490 g/mol. The number of thioether (sulfide) groups is 1. The molecule has 0 atom stereocenters. The van der Waals surface area contributed by atoms with Crippen LogP contribution < -0.4 is 14.2 Å². The van der Waals surface area contributed by atoms with Crippen LogP contribution in [0.15, 0.2) is 77.7 Å². The third-order valence-corrected chi connectivity index (χ3v) is 6.19. The van der Waals surface area contributed by atoms with E-state index in [1.54, 1.807) is 54.6 Å². The molecule has 0 aliphatic carbocycles. The summed E-state index contributed by atoms with van der Waals surface area (Å²) in [7, 11) is 1.54. The van der Waals surface area contributed by atoms with Gasteiger partial charge < -0.3 is 14.2 Å². The Bertz CT molecular complexity index is 1280. The number of carbonyl (C=O) groups excluding carboxylic acids is 3. The van der Waals surface area contributed by atoms with Crippen molar-refractivity contribution in [2.24, 2.45) is 0 Å². The summed E-state index contributed by atoms with van der Waals surface area (Å²) in [6, 6.07) is 20.4. The first kappa shape index (κ1) is 24.4. The second kappa shape index (κ2) is 11.1. The molecule has 0 spiro atoms. The van der Waals surface area contributed by atoms with Gasteiger partial charge in [0.1, 0.15) is 23.9 Å². The standard InChI is InChI=1S/C26H20ClNO6S/c1-32-19-10-8-18(9-11-19)25(30)34-22-12-7-17(15-21(22)27)16-23-24(29)28(26(31)35-23)13-14-33-20-5-3-2-4-6-20/h2-12,15-16H,13-14H2,1H3/b23-16-. The van der Waals surface area contributed by atoms with Gasteiger partial charge in [-0.2, -0.15) is 0 Å². The molecule has 178 valence electrons. The van der Waals surface area contributed by atoms with Gasteiger partial charge >= 0.3 is 5.97 Å². The minimum atomic E-state index is -0.568. The maximum absolute atomic E-state index is 12.7. The van der Waals surface area contributed by atoms with Gasteiger partial charge in [0.15, 0.2) is 0 Å². The average molecular weight is 510 g/mol. The highest BCUT2D eigenvalue weighted by molar-refractivity contribution is 8.18. The van der Waals surface area contributed by atoms with E-state index in [4.69, 9.17) is 25.8 Å². The predicted molar refractivity (Wildman–Crippen MR) is 134 cm³/mol. The van der Waals surface area contributed by atoms with Crippen molar-refractivity contribution in [2.45, 2.75) is 0 Å². The van der Waals surface area contributed by atoms with Crippen molar-refractivity contribution >= 4 is 46.6 Å².